The minimum absolute atomic E-state index is 0.598. The quantitative estimate of drug-likeness (QED) is 0.645. The van der Waals surface area contributed by atoms with Gasteiger partial charge in [-0.1, -0.05) is 36.7 Å². The number of hydrogen-bond acceptors (Lipinski definition) is 3. The van der Waals surface area contributed by atoms with Crippen molar-refractivity contribution in [3.63, 3.8) is 0 Å². The van der Waals surface area contributed by atoms with Crippen molar-refractivity contribution in [1.82, 2.24) is 19.2 Å². The van der Waals surface area contributed by atoms with Crippen LogP contribution in [0.25, 0.3) is 16.9 Å². The average Bonchev–Trinajstić information content (AvgIpc) is 3.05. The SMILES string of the molecule is CCN(Cc1c(-c2ccc(Cl)cc2)nc2ccccn12)C1CCCN(C)C1. The summed E-state index contributed by atoms with van der Waals surface area (Å²) in [7, 11) is 2.23. The Morgan fingerprint density at radius 2 is 2.00 bits per heavy atom. The fourth-order valence-electron chi connectivity index (χ4n) is 4.17. The highest BCUT2D eigenvalue weighted by Crippen LogP contribution is 2.28. The third-order valence-electron chi connectivity index (χ3n) is 5.62. The highest BCUT2D eigenvalue weighted by molar-refractivity contribution is 6.30. The number of nitrogens with zero attached hydrogens (tertiary/aromatic N) is 4. The van der Waals surface area contributed by atoms with Crippen molar-refractivity contribution >= 4 is 17.2 Å². The highest BCUT2D eigenvalue weighted by Gasteiger charge is 2.25. The second kappa shape index (κ2) is 8.01. The van der Waals surface area contributed by atoms with E-state index in [0.717, 1.165) is 41.6 Å². The molecule has 2 aromatic heterocycles. The van der Waals surface area contributed by atoms with Gasteiger partial charge in [0.05, 0.1) is 11.4 Å². The lowest BCUT2D eigenvalue weighted by molar-refractivity contribution is 0.109. The van der Waals surface area contributed by atoms with E-state index in [0.29, 0.717) is 6.04 Å². The van der Waals surface area contributed by atoms with E-state index in [-0.39, 0.29) is 0 Å². The van der Waals surface area contributed by atoms with Gasteiger partial charge < -0.3 is 9.30 Å². The Bertz CT molecular complexity index is 902. The van der Waals surface area contributed by atoms with E-state index in [1.807, 2.05) is 18.2 Å². The maximum atomic E-state index is 6.10. The van der Waals surface area contributed by atoms with Gasteiger partial charge in [-0.3, -0.25) is 4.90 Å². The standard InChI is InChI=1S/C22H27ClN4/c1-3-26(19-7-6-13-25(2)15-19)16-20-22(17-9-11-18(23)12-10-17)24-21-8-4-5-14-27(20)21/h4-5,8-12,14,19H,3,6-7,13,15-16H2,1-2H3. The van der Waals surface area contributed by atoms with Gasteiger partial charge in [0, 0.05) is 35.9 Å². The van der Waals surface area contributed by atoms with Gasteiger partial charge in [-0.15, -0.1) is 0 Å². The molecule has 1 aromatic carbocycles. The molecule has 1 fully saturated rings. The number of likely N-dealkylation sites (tertiary alicyclic amines) is 1. The average molecular weight is 383 g/mol. The Balaban J connectivity index is 1.72. The molecule has 1 aliphatic rings. The topological polar surface area (TPSA) is 23.8 Å². The number of imidazole rings is 1. The first kappa shape index (κ1) is 18.5. The van der Waals surface area contributed by atoms with Crippen LogP contribution in [0.4, 0.5) is 0 Å². The summed E-state index contributed by atoms with van der Waals surface area (Å²) in [6.07, 6.45) is 4.66. The zero-order chi connectivity index (χ0) is 18.8. The van der Waals surface area contributed by atoms with E-state index in [4.69, 9.17) is 16.6 Å². The Hall–Kier alpha value is -1.88. The summed E-state index contributed by atoms with van der Waals surface area (Å²) in [5.41, 5.74) is 4.42. The molecule has 142 valence electrons. The summed E-state index contributed by atoms with van der Waals surface area (Å²) in [6, 6.07) is 14.8. The maximum absolute atomic E-state index is 6.10. The molecule has 1 unspecified atom stereocenters. The molecular formula is C22H27ClN4. The summed E-state index contributed by atoms with van der Waals surface area (Å²) in [6.45, 7) is 6.55. The van der Waals surface area contributed by atoms with Crippen LogP contribution in [0.3, 0.4) is 0 Å². The predicted octanol–water partition coefficient (Wildman–Crippen LogP) is 4.57. The van der Waals surface area contributed by atoms with E-state index in [1.165, 1.54) is 25.1 Å². The second-order valence-electron chi connectivity index (χ2n) is 7.46. The van der Waals surface area contributed by atoms with Crippen molar-refractivity contribution in [2.24, 2.45) is 0 Å². The molecule has 1 aliphatic heterocycles. The molecule has 0 aliphatic carbocycles. The number of fused-ring (bicyclic) bond motifs is 1. The van der Waals surface area contributed by atoms with Crippen molar-refractivity contribution < 1.29 is 0 Å². The van der Waals surface area contributed by atoms with Gasteiger partial charge >= 0.3 is 0 Å². The molecule has 1 saturated heterocycles. The van der Waals surface area contributed by atoms with Gasteiger partial charge in [0.25, 0.3) is 0 Å². The van der Waals surface area contributed by atoms with Crippen LogP contribution in [0.1, 0.15) is 25.5 Å². The molecule has 0 N–H and O–H groups in total. The smallest absolute Gasteiger partial charge is 0.137 e. The molecule has 4 rings (SSSR count). The van der Waals surface area contributed by atoms with Crippen LogP contribution in [0.5, 0.6) is 0 Å². The molecule has 0 spiro atoms. The van der Waals surface area contributed by atoms with E-state index >= 15 is 0 Å². The second-order valence-corrected chi connectivity index (χ2v) is 7.90. The van der Waals surface area contributed by atoms with Crippen LogP contribution in [0, 0.1) is 0 Å². The van der Waals surface area contributed by atoms with E-state index < -0.39 is 0 Å². The van der Waals surface area contributed by atoms with Crippen LogP contribution >= 0.6 is 11.6 Å². The summed E-state index contributed by atoms with van der Waals surface area (Å²) in [5, 5.41) is 0.754. The van der Waals surface area contributed by atoms with E-state index in [9.17, 15) is 0 Å². The van der Waals surface area contributed by atoms with E-state index in [2.05, 4.69) is 58.6 Å². The first-order valence-corrected chi connectivity index (χ1v) is 10.2. The molecule has 0 amide bonds. The van der Waals surface area contributed by atoms with Crippen LogP contribution < -0.4 is 0 Å². The van der Waals surface area contributed by atoms with Crippen molar-refractivity contribution in [3.8, 4) is 11.3 Å². The summed E-state index contributed by atoms with van der Waals surface area (Å²) in [4.78, 5) is 10.00. The van der Waals surface area contributed by atoms with Gasteiger partial charge in [0.1, 0.15) is 5.65 Å². The lowest BCUT2D eigenvalue weighted by Gasteiger charge is -2.37. The molecule has 4 nitrogen and oxygen atoms in total. The van der Waals surface area contributed by atoms with E-state index in [1.54, 1.807) is 0 Å². The lowest BCUT2D eigenvalue weighted by atomic mass is 10.0. The number of hydrogen-bond donors (Lipinski definition) is 0. The van der Waals surface area contributed by atoms with Gasteiger partial charge in [-0.05, 0) is 57.2 Å². The molecule has 1 atom stereocenters. The minimum Gasteiger partial charge on any atom is -0.305 e. The Morgan fingerprint density at radius 3 is 2.74 bits per heavy atom. The number of rotatable bonds is 5. The number of piperidine rings is 1. The monoisotopic (exact) mass is 382 g/mol. The van der Waals surface area contributed by atoms with Crippen molar-refractivity contribution in [2.45, 2.75) is 32.4 Å². The number of benzene rings is 1. The third kappa shape index (κ3) is 3.88. The van der Waals surface area contributed by atoms with Crippen molar-refractivity contribution in [3.05, 3.63) is 59.4 Å². The fourth-order valence-corrected chi connectivity index (χ4v) is 4.29. The number of aromatic nitrogens is 2. The fraction of sp³-hybridized carbons (Fsp3) is 0.409. The largest absolute Gasteiger partial charge is 0.305 e. The normalized spacial score (nSPS) is 18.4. The molecular weight excluding hydrogens is 356 g/mol. The highest BCUT2D eigenvalue weighted by atomic mass is 35.5. The maximum Gasteiger partial charge on any atom is 0.137 e. The molecule has 0 bridgehead atoms. The van der Waals surface area contributed by atoms with Gasteiger partial charge in [0.2, 0.25) is 0 Å². The zero-order valence-electron chi connectivity index (χ0n) is 16.1. The number of pyridine rings is 1. The predicted molar refractivity (Wildman–Crippen MR) is 112 cm³/mol. The Morgan fingerprint density at radius 1 is 1.19 bits per heavy atom. The summed E-state index contributed by atoms with van der Waals surface area (Å²) >= 11 is 6.10. The summed E-state index contributed by atoms with van der Waals surface area (Å²) < 4.78 is 2.24. The van der Waals surface area contributed by atoms with Crippen LogP contribution in [-0.2, 0) is 6.54 Å². The Labute approximate surface area is 166 Å². The number of halogens is 1. The summed E-state index contributed by atoms with van der Waals surface area (Å²) in [5.74, 6) is 0. The molecule has 3 aromatic rings. The first-order valence-electron chi connectivity index (χ1n) is 9.80. The van der Waals surface area contributed by atoms with Gasteiger partial charge in [-0.2, -0.15) is 0 Å². The van der Waals surface area contributed by atoms with Gasteiger partial charge in [-0.25, -0.2) is 4.98 Å². The number of likely N-dealkylation sites (N-methyl/N-ethyl adjacent to an activating group) is 2. The molecule has 27 heavy (non-hydrogen) atoms. The lowest BCUT2D eigenvalue weighted by Crippen LogP contribution is -2.46. The van der Waals surface area contributed by atoms with Crippen LogP contribution in [-0.4, -0.2) is 51.9 Å². The first-order chi connectivity index (χ1) is 13.2. The molecule has 5 heteroatoms. The third-order valence-corrected chi connectivity index (χ3v) is 5.87. The van der Waals surface area contributed by atoms with Gasteiger partial charge in [0.15, 0.2) is 0 Å². The van der Waals surface area contributed by atoms with Crippen molar-refractivity contribution in [2.75, 3.05) is 26.7 Å². The zero-order valence-corrected chi connectivity index (χ0v) is 16.9. The molecule has 3 heterocycles. The molecule has 0 saturated carbocycles. The van der Waals surface area contributed by atoms with Crippen LogP contribution in [0.15, 0.2) is 48.7 Å². The minimum atomic E-state index is 0.598. The Kier molecular flexibility index (Phi) is 5.48. The molecule has 0 radical (unpaired) electrons. The van der Waals surface area contributed by atoms with Crippen molar-refractivity contribution in [1.29, 1.82) is 0 Å². The van der Waals surface area contributed by atoms with Crippen LogP contribution in [0.2, 0.25) is 5.02 Å².